The van der Waals surface area contributed by atoms with E-state index in [1.54, 1.807) is 12.1 Å². The van der Waals surface area contributed by atoms with Crippen LogP contribution in [0.1, 0.15) is 22.6 Å². The molecule has 0 saturated carbocycles. The van der Waals surface area contributed by atoms with Gasteiger partial charge in [-0.3, -0.25) is 0 Å². The maximum atomic E-state index is 9.93. The highest BCUT2D eigenvalue weighted by molar-refractivity contribution is 7.99. The molecule has 2 aromatic rings. The highest BCUT2D eigenvalue weighted by atomic mass is 32.2. The average Bonchev–Trinajstić information content (AvgIpc) is 2.67. The first-order valence-electron chi connectivity index (χ1n) is 7.24. The van der Waals surface area contributed by atoms with Crippen molar-refractivity contribution in [2.75, 3.05) is 12.3 Å². The van der Waals surface area contributed by atoms with Crippen LogP contribution in [0.2, 0.25) is 0 Å². The number of nitrogens with one attached hydrogen (secondary N) is 1. The summed E-state index contributed by atoms with van der Waals surface area (Å²) in [5, 5.41) is 23.3. The summed E-state index contributed by atoms with van der Waals surface area (Å²) >= 11 is 1.89. The lowest BCUT2D eigenvalue weighted by atomic mass is 9.83. The van der Waals surface area contributed by atoms with Gasteiger partial charge < -0.3 is 15.5 Å². The largest absolute Gasteiger partial charge is 0.504 e. The smallest absolute Gasteiger partial charge is 0.157 e. The van der Waals surface area contributed by atoms with Crippen molar-refractivity contribution in [3.8, 4) is 11.5 Å². The van der Waals surface area contributed by atoms with Crippen LogP contribution in [0.5, 0.6) is 11.5 Å². The predicted molar refractivity (Wildman–Crippen MR) is 84.3 cm³/mol. The zero-order chi connectivity index (χ0) is 14.4. The fourth-order valence-electron chi connectivity index (χ4n) is 3.46. The lowest BCUT2D eigenvalue weighted by Gasteiger charge is -2.33. The molecule has 2 heterocycles. The molecule has 0 saturated heterocycles. The summed E-state index contributed by atoms with van der Waals surface area (Å²) in [6, 6.07) is 12.3. The Kier molecular flexibility index (Phi) is 3.08. The van der Waals surface area contributed by atoms with E-state index in [1.165, 1.54) is 10.5 Å². The molecule has 2 aliphatic rings. The number of rotatable bonds is 0. The first kappa shape index (κ1) is 13.0. The minimum Gasteiger partial charge on any atom is -0.504 e. The second-order valence-corrected chi connectivity index (χ2v) is 6.74. The number of thioether (sulfide) groups is 1. The summed E-state index contributed by atoms with van der Waals surface area (Å²) in [4.78, 5) is 1.32. The summed E-state index contributed by atoms with van der Waals surface area (Å²) in [6.07, 6.45) is 0.878. The van der Waals surface area contributed by atoms with Crippen molar-refractivity contribution in [3.63, 3.8) is 0 Å². The van der Waals surface area contributed by atoms with Crippen molar-refractivity contribution in [2.24, 2.45) is 0 Å². The van der Waals surface area contributed by atoms with Gasteiger partial charge in [-0.1, -0.05) is 18.2 Å². The van der Waals surface area contributed by atoms with Gasteiger partial charge in [-0.15, -0.1) is 11.8 Å². The fourth-order valence-corrected chi connectivity index (χ4v) is 4.66. The van der Waals surface area contributed by atoms with E-state index >= 15 is 0 Å². The van der Waals surface area contributed by atoms with E-state index in [-0.39, 0.29) is 17.4 Å². The fraction of sp³-hybridized carbons (Fsp3) is 0.294. The molecule has 0 spiro atoms. The van der Waals surface area contributed by atoms with Crippen molar-refractivity contribution in [1.82, 2.24) is 5.32 Å². The summed E-state index contributed by atoms with van der Waals surface area (Å²) in [7, 11) is 0. The molecular formula is C17H17NO2S. The first-order chi connectivity index (χ1) is 10.2. The van der Waals surface area contributed by atoms with Gasteiger partial charge in [0.15, 0.2) is 11.5 Å². The number of hydrogen-bond donors (Lipinski definition) is 3. The zero-order valence-corrected chi connectivity index (χ0v) is 12.4. The molecule has 0 radical (unpaired) electrons. The van der Waals surface area contributed by atoms with Crippen LogP contribution >= 0.6 is 11.8 Å². The molecule has 21 heavy (non-hydrogen) atoms. The van der Waals surface area contributed by atoms with Crippen molar-refractivity contribution >= 4 is 11.8 Å². The molecule has 0 fully saturated rings. The van der Waals surface area contributed by atoms with E-state index in [4.69, 9.17) is 0 Å². The van der Waals surface area contributed by atoms with E-state index in [9.17, 15) is 10.2 Å². The third-order valence-corrected chi connectivity index (χ3v) is 5.66. The molecule has 0 amide bonds. The number of phenols is 2. The van der Waals surface area contributed by atoms with Crippen LogP contribution in [0.25, 0.3) is 0 Å². The Hall–Kier alpha value is -1.65. The summed E-state index contributed by atoms with van der Waals surface area (Å²) in [5.74, 6) is 1.23. The van der Waals surface area contributed by atoms with E-state index in [0.717, 1.165) is 29.8 Å². The van der Waals surface area contributed by atoms with Gasteiger partial charge in [0.2, 0.25) is 0 Å². The van der Waals surface area contributed by atoms with Crippen molar-refractivity contribution in [3.05, 3.63) is 53.1 Å². The van der Waals surface area contributed by atoms with Gasteiger partial charge in [-0.2, -0.15) is 0 Å². The molecule has 2 aliphatic heterocycles. The Bertz CT molecular complexity index is 701. The SMILES string of the molecule is Oc1cc2c(cc1O)[C@H]1c3ccccc3SC[C@@H]1NCC2. The maximum Gasteiger partial charge on any atom is 0.157 e. The Morgan fingerprint density at radius 2 is 1.86 bits per heavy atom. The normalized spacial score (nSPS) is 23.6. The molecule has 108 valence electrons. The Morgan fingerprint density at radius 1 is 1.05 bits per heavy atom. The highest BCUT2D eigenvalue weighted by Gasteiger charge is 2.34. The monoisotopic (exact) mass is 299 g/mol. The topological polar surface area (TPSA) is 52.5 Å². The second-order valence-electron chi connectivity index (χ2n) is 5.68. The van der Waals surface area contributed by atoms with Crippen LogP contribution in [0, 0.1) is 0 Å². The van der Waals surface area contributed by atoms with Gasteiger partial charge in [0.25, 0.3) is 0 Å². The van der Waals surface area contributed by atoms with Crippen LogP contribution in [0.4, 0.5) is 0 Å². The van der Waals surface area contributed by atoms with Crippen LogP contribution in [0.15, 0.2) is 41.3 Å². The van der Waals surface area contributed by atoms with Gasteiger partial charge in [-0.25, -0.2) is 0 Å². The highest BCUT2D eigenvalue weighted by Crippen LogP contribution is 2.45. The van der Waals surface area contributed by atoms with Crippen LogP contribution in [0.3, 0.4) is 0 Å². The summed E-state index contributed by atoms with van der Waals surface area (Å²) < 4.78 is 0. The molecule has 2 aromatic carbocycles. The maximum absolute atomic E-state index is 9.93. The number of benzene rings is 2. The van der Waals surface area contributed by atoms with Gasteiger partial charge in [0, 0.05) is 22.6 Å². The van der Waals surface area contributed by atoms with Crippen molar-refractivity contribution in [1.29, 1.82) is 0 Å². The van der Waals surface area contributed by atoms with E-state index in [1.807, 2.05) is 11.8 Å². The molecule has 0 aromatic heterocycles. The number of hydrogen-bond acceptors (Lipinski definition) is 4. The summed E-state index contributed by atoms with van der Waals surface area (Å²) in [5.41, 5.74) is 3.60. The summed E-state index contributed by atoms with van der Waals surface area (Å²) in [6.45, 7) is 0.904. The van der Waals surface area contributed by atoms with Crippen molar-refractivity contribution < 1.29 is 10.2 Å². The van der Waals surface area contributed by atoms with E-state index in [2.05, 4.69) is 29.6 Å². The first-order valence-corrected chi connectivity index (χ1v) is 8.22. The molecule has 0 aliphatic carbocycles. The minimum atomic E-state index is -0.0230. The van der Waals surface area contributed by atoms with Crippen LogP contribution < -0.4 is 5.32 Å². The predicted octanol–water partition coefficient (Wildman–Crippen LogP) is 2.85. The lowest BCUT2D eigenvalue weighted by molar-refractivity contribution is 0.402. The van der Waals surface area contributed by atoms with Gasteiger partial charge in [-0.05, 0) is 47.9 Å². The number of fused-ring (bicyclic) bond motifs is 5. The Morgan fingerprint density at radius 3 is 2.76 bits per heavy atom. The Labute approximate surface area is 128 Å². The van der Waals surface area contributed by atoms with Gasteiger partial charge >= 0.3 is 0 Å². The number of aromatic hydroxyl groups is 2. The molecule has 2 atom stereocenters. The Balaban J connectivity index is 1.93. The van der Waals surface area contributed by atoms with Gasteiger partial charge in [0.05, 0.1) is 0 Å². The van der Waals surface area contributed by atoms with Crippen molar-refractivity contribution in [2.45, 2.75) is 23.3 Å². The van der Waals surface area contributed by atoms with E-state index in [0.29, 0.717) is 6.04 Å². The third kappa shape index (κ3) is 2.10. The molecule has 4 heteroatoms. The van der Waals surface area contributed by atoms with Crippen LogP contribution in [-0.2, 0) is 6.42 Å². The molecule has 4 rings (SSSR count). The number of phenolic OH excluding ortho intramolecular Hbond substituents is 2. The molecule has 3 nitrogen and oxygen atoms in total. The molecular weight excluding hydrogens is 282 g/mol. The zero-order valence-electron chi connectivity index (χ0n) is 11.5. The third-order valence-electron chi connectivity index (χ3n) is 4.45. The molecule has 0 bridgehead atoms. The average molecular weight is 299 g/mol. The quantitative estimate of drug-likeness (QED) is 0.655. The molecule has 0 unspecified atom stereocenters. The van der Waals surface area contributed by atoms with Crippen LogP contribution in [-0.4, -0.2) is 28.6 Å². The van der Waals surface area contributed by atoms with Gasteiger partial charge in [0.1, 0.15) is 0 Å². The lowest BCUT2D eigenvalue weighted by Crippen LogP contribution is -2.38. The standard InChI is InChI=1S/C17H17NO2S/c19-14-7-10-5-6-18-13-9-21-16-4-2-1-3-11(16)17(13)12(10)8-15(14)20/h1-4,7-8,13,17-20H,5-6,9H2/t13-,17+/m0/s1. The van der Waals surface area contributed by atoms with E-state index < -0.39 is 0 Å². The minimum absolute atomic E-state index is 0.0225. The second kappa shape index (κ2) is 4.97. The molecule has 3 N–H and O–H groups in total.